The summed E-state index contributed by atoms with van der Waals surface area (Å²) in [6, 6.07) is 22.7. The number of nitrogens with one attached hydrogen (secondary N) is 1. The van der Waals surface area contributed by atoms with Crippen LogP contribution in [0.4, 0.5) is 5.69 Å². The van der Waals surface area contributed by atoms with E-state index in [-0.39, 0.29) is 5.91 Å². The molecule has 0 fully saturated rings. The summed E-state index contributed by atoms with van der Waals surface area (Å²) in [6.07, 6.45) is 1.76. The van der Waals surface area contributed by atoms with E-state index in [1.807, 2.05) is 54.6 Å². The molecule has 3 aromatic carbocycles. The molecule has 4 aromatic rings. The van der Waals surface area contributed by atoms with Gasteiger partial charge in [0.2, 0.25) is 0 Å². The molecule has 33 heavy (non-hydrogen) atoms. The Morgan fingerprint density at radius 2 is 1.64 bits per heavy atom. The number of ether oxygens (including phenoxy) is 3. The normalized spacial score (nSPS) is 10.5. The maximum Gasteiger partial charge on any atom is 0.259 e. The Morgan fingerprint density at radius 1 is 0.879 bits per heavy atom. The maximum absolute atomic E-state index is 13.4. The largest absolute Gasteiger partial charge is 0.497 e. The molecule has 0 aliphatic rings. The van der Waals surface area contributed by atoms with Crippen molar-refractivity contribution in [3.63, 3.8) is 0 Å². The molecular weight excluding hydrogens is 418 g/mol. The number of benzene rings is 3. The molecule has 0 unspecified atom stereocenters. The summed E-state index contributed by atoms with van der Waals surface area (Å²) in [7, 11) is 4.73. The van der Waals surface area contributed by atoms with Gasteiger partial charge in [0.05, 0.1) is 39.1 Å². The van der Waals surface area contributed by atoms with E-state index in [9.17, 15) is 4.79 Å². The van der Waals surface area contributed by atoms with E-state index in [1.54, 1.807) is 50.4 Å². The highest BCUT2D eigenvalue weighted by Gasteiger charge is 2.20. The number of carbonyl (C=O) groups excluding carboxylic acids is 1. The van der Waals surface area contributed by atoms with E-state index in [2.05, 4.69) is 5.32 Å². The molecule has 0 aliphatic heterocycles. The summed E-state index contributed by atoms with van der Waals surface area (Å²) in [6.45, 7) is 0.539. The number of carbonyl (C=O) groups is 1. The lowest BCUT2D eigenvalue weighted by atomic mass is 10.1. The van der Waals surface area contributed by atoms with Crippen LogP contribution in [-0.2, 0) is 6.54 Å². The van der Waals surface area contributed by atoms with Gasteiger partial charge in [-0.25, -0.2) is 0 Å². The fourth-order valence-electron chi connectivity index (χ4n) is 3.51. The molecule has 0 aliphatic carbocycles. The van der Waals surface area contributed by atoms with Gasteiger partial charge in [0, 0.05) is 17.8 Å². The van der Waals surface area contributed by atoms with Crippen LogP contribution in [0.1, 0.15) is 15.9 Å². The Hall–Kier alpha value is -4.26. The first-order chi connectivity index (χ1) is 16.1. The molecule has 0 saturated carbocycles. The Balaban J connectivity index is 1.71. The zero-order valence-corrected chi connectivity index (χ0v) is 18.7. The van der Waals surface area contributed by atoms with Crippen LogP contribution in [0, 0.1) is 0 Å². The van der Waals surface area contributed by atoms with E-state index >= 15 is 0 Å². The number of nitrogens with zero attached hydrogens (tertiary/aromatic N) is 2. The maximum atomic E-state index is 13.4. The van der Waals surface area contributed by atoms with Crippen molar-refractivity contribution in [2.24, 2.45) is 0 Å². The summed E-state index contributed by atoms with van der Waals surface area (Å²) < 4.78 is 17.8. The fourth-order valence-corrected chi connectivity index (χ4v) is 3.51. The van der Waals surface area contributed by atoms with Crippen molar-refractivity contribution in [3.8, 4) is 28.5 Å². The van der Waals surface area contributed by atoms with Crippen LogP contribution in [0.5, 0.6) is 17.2 Å². The summed E-state index contributed by atoms with van der Waals surface area (Å²) in [5, 5.41) is 7.67. The van der Waals surface area contributed by atoms with Gasteiger partial charge in [-0.3, -0.25) is 9.48 Å². The Labute approximate surface area is 192 Å². The van der Waals surface area contributed by atoms with Crippen molar-refractivity contribution in [1.29, 1.82) is 0 Å². The third-order valence-corrected chi connectivity index (χ3v) is 5.19. The highest BCUT2D eigenvalue weighted by atomic mass is 16.5. The minimum absolute atomic E-state index is 0.296. The first-order valence-electron chi connectivity index (χ1n) is 10.4. The molecule has 7 nitrogen and oxygen atoms in total. The Bertz CT molecular complexity index is 1250. The van der Waals surface area contributed by atoms with Gasteiger partial charge in [-0.2, -0.15) is 5.10 Å². The molecule has 0 radical (unpaired) electrons. The fraction of sp³-hybridized carbons (Fsp3) is 0.154. The zero-order valence-electron chi connectivity index (χ0n) is 18.7. The Morgan fingerprint density at radius 3 is 2.36 bits per heavy atom. The predicted molar refractivity (Wildman–Crippen MR) is 127 cm³/mol. The van der Waals surface area contributed by atoms with Gasteiger partial charge in [-0.15, -0.1) is 0 Å². The third-order valence-electron chi connectivity index (χ3n) is 5.19. The number of aromatic nitrogens is 2. The van der Waals surface area contributed by atoms with Gasteiger partial charge in [-0.05, 0) is 29.8 Å². The summed E-state index contributed by atoms with van der Waals surface area (Å²) in [5.74, 6) is 1.53. The molecule has 0 spiro atoms. The molecule has 0 atom stereocenters. The number of methoxy groups -OCH3 is 3. The zero-order chi connectivity index (χ0) is 23.2. The van der Waals surface area contributed by atoms with Crippen LogP contribution in [0.2, 0.25) is 0 Å². The molecule has 1 aromatic heterocycles. The van der Waals surface area contributed by atoms with Gasteiger partial charge in [-0.1, -0.05) is 42.5 Å². The van der Waals surface area contributed by atoms with Crippen molar-refractivity contribution in [1.82, 2.24) is 9.78 Å². The van der Waals surface area contributed by atoms with Crippen LogP contribution in [-0.4, -0.2) is 37.0 Å². The van der Waals surface area contributed by atoms with E-state index in [0.29, 0.717) is 40.7 Å². The second kappa shape index (κ2) is 9.91. The number of hydrogen-bond acceptors (Lipinski definition) is 5. The summed E-state index contributed by atoms with van der Waals surface area (Å²) in [5.41, 5.74) is 3.41. The number of amides is 1. The second-order valence-electron chi connectivity index (χ2n) is 7.33. The predicted octanol–water partition coefficient (Wildman–Crippen LogP) is 4.88. The quantitative estimate of drug-likeness (QED) is 0.420. The summed E-state index contributed by atoms with van der Waals surface area (Å²) in [4.78, 5) is 13.4. The SMILES string of the molecule is COc1cccc(-c2nn(Cc3ccccc3)cc2C(=O)Nc2ccc(OC)cc2OC)c1. The molecular formula is C26H25N3O4. The number of hydrogen-bond donors (Lipinski definition) is 1. The topological polar surface area (TPSA) is 74.6 Å². The molecule has 0 saturated heterocycles. The first kappa shape index (κ1) is 22.0. The lowest BCUT2D eigenvalue weighted by molar-refractivity contribution is 0.102. The minimum atomic E-state index is -0.296. The van der Waals surface area contributed by atoms with Crippen molar-refractivity contribution >= 4 is 11.6 Å². The van der Waals surface area contributed by atoms with Crippen LogP contribution < -0.4 is 19.5 Å². The lowest BCUT2D eigenvalue weighted by Crippen LogP contribution is -2.13. The van der Waals surface area contributed by atoms with Crippen LogP contribution >= 0.6 is 0 Å². The van der Waals surface area contributed by atoms with Crippen molar-refractivity contribution in [3.05, 3.63) is 90.1 Å². The van der Waals surface area contributed by atoms with Gasteiger partial charge >= 0.3 is 0 Å². The van der Waals surface area contributed by atoms with Crippen LogP contribution in [0.3, 0.4) is 0 Å². The molecule has 4 rings (SSSR count). The number of rotatable bonds is 8. The Kier molecular flexibility index (Phi) is 6.59. The second-order valence-corrected chi connectivity index (χ2v) is 7.33. The van der Waals surface area contributed by atoms with Crippen molar-refractivity contribution in [2.75, 3.05) is 26.6 Å². The molecule has 168 valence electrons. The van der Waals surface area contributed by atoms with Gasteiger partial charge < -0.3 is 19.5 Å². The standard InChI is InChI=1S/C26H25N3O4/c1-31-20-11-7-10-19(14-20)25-22(17-29(28-25)16-18-8-5-4-6-9-18)26(30)27-23-13-12-21(32-2)15-24(23)33-3/h4-15,17H,16H2,1-3H3,(H,27,30). The van der Waals surface area contributed by atoms with Crippen LogP contribution in [0.25, 0.3) is 11.3 Å². The molecule has 1 amide bonds. The van der Waals surface area contributed by atoms with Gasteiger partial charge in [0.25, 0.3) is 5.91 Å². The molecule has 1 heterocycles. The highest BCUT2D eigenvalue weighted by Crippen LogP contribution is 2.31. The molecule has 1 N–H and O–H groups in total. The first-order valence-corrected chi connectivity index (χ1v) is 10.4. The highest BCUT2D eigenvalue weighted by molar-refractivity contribution is 6.08. The van der Waals surface area contributed by atoms with Crippen molar-refractivity contribution in [2.45, 2.75) is 6.54 Å². The van der Waals surface area contributed by atoms with Gasteiger partial charge in [0.15, 0.2) is 0 Å². The smallest absolute Gasteiger partial charge is 0.259 e. The third kappa shape index (κ3) is 4.98. The average Bonchev–Trinajstić information content (AvgIpc) is 3.29. The van der Waals surface area contributed by atoms with E-state index in [4.69, 9.17) is 19.3 Å². The molecule has 7 heteroatoms. The molecule has 0 bridgehead atoms. The van der Waals surface area contributed by atoms with E-state index < -0.39 is 0 Å². The van der Waals surface area contributed by atoms with Gasteiger partial charge in [0.1, 0.15) is 22.9 Å². The lowest BCUT2D eigenvalue weighted by Gasteiger charge is -2.11. The van der Waals surface area contributed by atoms with E-state index in [1.165, 1.54) is 0 Å². The van der Waals surface area contributed by atoms with Crippen molar-refractivity contribution < 1.29 is 19.0 Å². The van der Waals surface area contributed by atoms with Crippen LogP contribution in [0.15, 0.2) is 79.0 Å². The number of anilines is 1. The summed E-state index contributed by atoms with van der Waals surface area (Å²) >= 11 is 0. The minimum Gasteiger partial charge on any atom is -0.497 e. The monoisotopic (exact) mass is 443 g/mol. The van der Waals surface area contributed by atoms with E-state index in [0.717, 1.165) is 11.1 Å². The average molecular weight is 444 g/mol.